The van der Waals surface area contributed by atoms with Crippen molar-refractivity contribution in [3.8, 4) is 6.07 Å². The van der Waals surface area contributed by atoms with Crippen molar-refractivity contribution in [2.24, 2.45) is 0 Å². The molecule has 1 aliphatic rings. The summed E-state index contributed by atoms with van der Waals surface area (Å²) in [6.45, 7) is 6.17. The van der Waals surface area contributed by atoms with Gasteiger partial charge in [0.25, 0.3) is 0 Å². The molecule has 29 heavy (non-hydrogen) atoms. The number of nitriles is 1. The number of hydrogen-bond donors (Lipinski definition) is 4. The van der Waals surface area contributed by atoms with Crippen molar-refractivity contribution >= 4 is 11.6 Å². The number of quaternary nitrogens is 1. The average molecular weight is 398 g/mol. The number of aliphatic hydroxyl groups excluding tert-OH is 1. The molecular formula is C22H31N5O2+2. The smallest absolute Gasteiger partial charge is 0.237 e. The Morgan fingerprint density at radius 2 is 2.03 bits per heavy atom. The van der Waals surface area contributed by atoms with Crippen molar-refractivity contribution in [2.45, 2.75) is 32.5 Å². The molecule has 0 aliphatic carbocycles. The van der Waals surface area contributed by atoms with Gasteiger partial charge in [-0.3, -0.25) is 0 Å². The molecule has 1 unspecified atom stereocenters. The lowest BCUT2D eigenvalue weighted by Gasteiger charge is -2.27. The van der Waals surface area contributed by atoms with E-state index in [1.165, 1.54) is 10.5 Å². The lowest BCUT2D eigenvalue weighted by atomic mass is 9.95. The summed E-state index contributed by atoms with van der Waals surface area (Å²) in [7, 11) is 1.68. The molecule has 2 atom stereocenters. The maximum atomic E-state index is 9.83. The summed E-state index contributed by atoms with van der Waals surface area (Å²) >= 11 is 0. The van der Waals surface area contributed by atoms with E-state index in [2.05, 4.69) is 46.0 Å². The maximum absolute atomic E-state index is 9.83. The van der Waals surface area contributed by atoms with Crippen LogP contribution in [0.3, 0.4) is 0 Å². The molecule has 0 amide bonds. The Bertz CT molecular complexity index is 849. The number of benzene rings is 1. The quantitative estimate of drug-likeness (QED) is 0.459. The van der Waals surface area contributed by atoms with Gasteiger partial charge in [0, 0.05) is 19.1 Å². The highest BCUT2D eigenvalue weighted by Gasteiger charge is 2.30. The highest BCUT2D eigenvalue weighted by atomic mass is 16.5. The van der Waals surface area contributed by atoms with E-state index < -0.39 is 6.10 Å². The molecule has 3 rings (SSSR count). The van der Waals surface area contributed by atoms with Crippen LogP contribution < -0.4 is 20.5 Å². The predicted octanol–water partition coefficient (Wildman–Crippen LogP) is 0.365. The number of nitrogens with zero attached hydrogens (tertiary/aromatic N) is 1. The number of fused-ring (bicyclic) bond motifs is 1. The zero-order valence-corrected chi connectivity index (χ0v) is 17.2. The first-order chi connectivity index (χ1) is 14.1. The minimum absolute atomic E-state index is 0.382. The van der Waals surface area contributed by atoms with Crippen LogP contribution in [0.15, 0.2) is 30.3 Å². The number of nitrogens with one attached hydrogen (secondary N) is 4. The Morgan fingerprint density at radius 1 is 1.24 bits per heavy atom. The van der Waals surface area contributed by atoms with Gasteiger partial charge in [-0.15, -0.1) is 0 Å². The molecule has 2 aromatic rings. The number of ether oxygens (including phenoxy) is 1. The van der Waals surface area contributed by atoms with Crippen molar-refractivity contribution < 1.29 is 19.7 Å². The van der Waals surface area contributed by atoms with Crippen LogP contribution in [0.4, 0.5) is 11.6 Å². The van der Waals surface area contributed by atoms with Gasteiger partial charge in [-0.1, -0.05) is 30.3 Å². The summed E-state index contributed by atoms with van der Waals surface area (Å²) in [5, 5.41) is 26.1. The number of aromatic amines is 1. The van der Waals surface area contributed by atoms with Crippen molar-refractivity contribution in [3.63, 3.8) is 0 Å². The van der Waals surface area contributed by atoms with Gasteiger partial charge in [0.05, 0.1) is 37.9 Å². The van der Waals surface area contributed by atoms with Gasteiger partial charge in [-0.05, 0) is 12.5 Å². The third kappa shape index (κ3) is 5.45. The summed E-state index contributed by atoms with van der Waals surface area (Å²) in [5.74, 6) is 1.59. The van der Waals surface area contributed by atoms with E-state index >= 15 is 0 Å². The van der Waals surface area contributed by atoms with Gasteiger partial charge in [0.2, 0.25) is 11.6 Å². The van der Waals surface area contributed by atoms with Crippen LogP contribution in [0.25, 0.3) is 0 Å². The van der Waals surface area contributed by atoms with Gasteiger partial charge in [0.1, 0.15) is 24.7 Å². The number of aromatic nitrogens is 1. The first-order valence-electron chi connectivity index (χ1n) is 10.2. The molecule has 1 aromatic heterocycles. The number of pyridine rings is 1. The molecule has 5 N–H and O–H groups in total. The van der Waals surface area contributed by atoms with E-state index in [0.29, 0.717) is 31.1 Å². The third-order valence-electron chi connectivity index (χ3n) is 5.21. The second-order valence-corrected chi connectivity index (χ2v) is 7.56. The minimum atomic E-state index is -0.498. The van der Waals surface area contributed by atoms with Gasteiger partial charge >= 0.3 is 0 Å². The molecule has 2 heterocycles. The zero-order chi connectivity index (χ0) is 20.6. The van der Waals surface area contributed by atoms with Crippen LogP contribution in [0.5, 0.6) is 0 Å². The van der Waals surface area contributed by atoms with Crippen molar-refractivity contribution in [1.82, 2.24) is 0 Å². The highest BCUT2D eigenvalue weighted by molar-refractivity contribution is 5.60. The molecule has 7 heteroatoms. The van der Waals surface area contributed by atoms with Crippen molar-refractivity contribution in [1.29, 1.82) is 5.26 Å². The molecule has 0 saturated heterocycles. The van der Waals surface area contributed by atoms with E-state index in [1.807, 2.05) is 6.07 Å². The summed E-state index contributed by atoms with van der Waals surface area (Å²) in [6.07, 6.45) is 0.346. The van der Waals surface area contributed by atoms with Gasteiger partial charge < -0.3 is 25.4 Å². The SMILES string of the molecule is COCCNc1[nH+]c(NC[C@@H](C)O)c(C#N)c2c1C[NH+](Cc1ccccc1)CC2. The fourth-order valence-electron chi connectivity index (χ4n) is 3.80. The Morgan fingerprint density at radius 3 is 2.72 bits per heavy atom. The number of methoxy groups -OCH3 is 1. The number of hydrogen-bond acceptors (Lipinski definition) is 5. The molecule has 0 spiro atoms. The lowest BCUT2D eigenvalue weighted by molar-refractivity contribution is -0.929. The summed E-state index contributed by atoms with van der Waals surface area (Å²) < 4.78 is 5.18. The van der Waals surface area contributed by atoms with Crippen LogP contribution in [0.2, 0.25) is 0 Å². The largest absolute Gasteiger partial charge is 0.390 e. The second kappa shape index (κ2) is 10.2. The molecule has 0 fully saturated rings. The molecular weight excluding hydrogens is 366 g/mol. The highest BCUT2D eigenvalue weighted by Crippen LogP contribution is 2.25. The van der Waals surface area contributed by atoms with E-state index in [0.717, 1.165) is 43.0 Å². The van der Waals surface area contributed by atoms with Crippen LogP contribution >= 0.6 is 0 Å². The van der Waals surface area contributed by atoms with E-state index in [9.17, 15) is 10.4 Å². The van der Waals surface area contributed by atoms with Crippen molar-refractivity contribution in [2.75, 3.05) is 44.0 Å². The normalized spacial score (nSPS) is 16.6. The zero-order valence-electron chi connectivity index (χ0n) is 17.2. The number of rotatable bonds is 9. The Kier molecular flexibility index (Phi) is 7.42. The molecule has 0 saturated carbocycles. The fourth-order valence-corrected chi connectivity index (χ4v) is 3.80. The summed E-state index contributed by atoms with van der Waals surface area (Å²) in [5.41, 5.74) is 4.23. The maximum Gasteiger partial charge on any atom is 0.237 e. The number of aliphatic hydroxyl groups is 1. The molecule has 0 radical (unpaired) electrons. The van der Waals surface area contributed by atoms with Crippen molar-refractivity contribution in [3.05, 3.63) is 52.6 Å². The molecule has 7 nitrogen and oxygen atoms in total. The first-order valence-corrected chi connectivity index (χ1v) is 10.2. The Balaban J connectivity index is 1.89. The third-order valence-corrected chi connectivity index (χ3v) is 5.21. The summed E-state index contributed by atoms with van der Waals surface area (Å²) in [4.78, 5) is 4.84. The topological polar surface area (TPSA) is 95.9 Å². The monoisotopic (exact) mass is 397 g/mol. The van der Waals surface area contributed by atoms with Gasteiger partial charge in [-0.25, -0.2) is 4.98 Å². The van der Waals surface area contributed by atoms with E-state index in [4.69, 9.17) is 4.74 Å². The fraction of sp³-hybridized carbons (Fsp3) is 0.455. The van der Waals surface area contributed by atoms with Crippen LogP contribution in [-0.4, -0.2) is 44.6 Å². The van der Waals surface area contributed by atoms with Crippen LogP contribution in [0, 0.1) is 11.3 Å². The standard InChI is InChI=1S/C22H29N5O2/c1-16(28)13-25-21-19(12-23)18-8-10-27(14-17-6-4-3-5-7-17)15-20(18)22(26-21)24-9-11-29-2/h3-7,16,28H,8-11,13-15H2,1-2H3,(H2,24,25,26)/p+2/t16-/m1/s1. The lowest BCUT2D eigenvalue weighted by Crippen LogP contribution is -3.10. The Labute approximate surface area is 172 Å². The van der Waals surface area contributed by atoms with Crippen LogP contribution in [0.1, 0.15) is 29.2 Å². The van der Waals surface area contributed by atoms with Crippen LogP contribution in [-0.2, 0) is 24.2 Å². The minimum Gasteiger partial charge on any atom is -0.390 e. The number of anilines is 2. The van der Waals surface area contributed by atoms with E-state index in [1.54, 1.807) is 14.0 Å². The van der Waals surface area contributed by atoms with E-state index in [-0.39, 0.29) is 0 Å². The van der Waals surface area contributed by atoms with Gasteiger partial charge in [-0.2, -0.15) is 5.26 Å². The summed E-state index contributed by atoms with van der Waals surface area (Å²) in [6, 6.07) is 12.9. The second-order valence-electron chi connectivity index (χ2n) is 7.56. The number of H-pyrrole nitrogens is 1. The average Bonchev–Trinajstić information content (AvgIpc) is 2.73. The molecule has 1 aromatic carbocycles. The molecule has 0 bridgehead atoms. The van der Waals surface area contributed by atoms with Gasteiger partial charge in [0.15, 0.2) is 0 Å². The predicted molar refractivity (Wildman–Crippen MR) is 112 cm³/mol. The Hall–Kier alpha value is -2.66. The molecule has 154 valence electrons. The molecule has 1 aliphatic heterocycles. The first kappa shape index (κ1) is 21.1.